The molecule has 2 unspecified atom stereocenters. The molecule has 0 spiro atoms. The molecule has 24 heavy (non-hydrogen) atoms. The number of benzene rings is 1. The fourth-order valence-corrected chi connectivity index (χ4v) is 3.13. The van der Waals surface area contributed by atoms with Crippen LogP contribution in [0.25, 0.3) is 0 Å². The number of hydrogen-bond donors (Lipinski definition) is 0. The first kappa shape index (κ1) is 18.3. The van der Waals surface area contributed by atoms with Crippen LogP contribution in [0.1, 0.15) is 45.6 Å². The Hall–Kier alpha value is -2.04. The van der Waals surface area contributed by atoms with Crippen molar-refractivity contribution in [2.24, 2.45) is 0 Å². The molecule has 0 saturated carbocycles. The Labute approximate surface area is 143 Å². The molecule has 1 aromatic rings. The molecule has 0 aromatic heterocycles. The smallest absolute Gasteiger partial charge is 0.344 e. The highest BCUT2D eigenvalue weighted by Gasteiger charge is 2.29. The maximum Gasteiger partial charge on any atom is 0.344 e. The van der Waals surface area contributed by atoms with E-state index in [1.807, 2.05) is 43.0 Å². The predicted molar refractivity (Wildman–Crippen MR) is 91.9 cm³/mol. The number of hydrogen-bond acceptors (Lipinski definition) is 4. The van der Waals surface area contributed by atoms with Gasteiger partial charge in [0.15, 0.2) is 13.2 Å². The number of carbonyl (C=O) groups excluding carboxylic acids is 2. The Morgan fingerprint density at radius 3 is 2.29 bits per heavy atom. The van der Waals surface area contributed by atoms with E-state index in [0.717, 1.165) is 25.7 Å². The number of likely N-dealkylation sites (tertiary alicyclic amines) is 1. The van der Waals surface area contributed by atoms with Gasteiger partial charge in [-0.1, -0.05) is 19.1 Å². The average molecular weight is 333 g/mol. The lowest BCUT2D eigenvalue weighted by molar-refractivity contribution is -0.156. The van der Waals surface area contributed by atoms with Crippen molar-refractivity contribution in [1.29, 1.82) is 0 Å². The molecule has 0 N–H and O–H groups in total. The second-order valence-corrected chi connectivity index (χ2v) is 6.38. The highest BCUT2D eigenvalue weighted by Crippen LogP contribution is 2.22. The normalized spacial score (nSPS) is 20.5. The summed E-state index contributed by atoms with van der Waals surface area (Å²) >= 11 is 0. The van der Waals surface area contributed by atoms with E-state index in [4.69, 9.17) is 9.47 Å². The monoisotopic (exact) mass is 333 g/mol. The van der Waals surface area contributed by atoms with Crippen molar-refractivity contribution < 1.29 is 19.1 Å². The molecule has 0 radical (unpaired) electrons. The molecule has 1 aromatic carbocycles. The van der Waals surface area contributed by atoms with Crippen LogP contribution in [0.5, 0.6) is 5.75 Å². The van der Waals surface area contributed by atoms with Gasteiger partial charge in [0.05, 0.1) is 0 Å². The third-order valence-corrected chi connectivity index (χ3v) is 4.53. The zero-order chi connectivity index (χ0) is 17.5. The first-order valence-electron chi connectivity index (χ1n) is 8.69. The largest absolute Gasteiger partial charge is 0.482 e. The number of piperidine rings is 1. The van der Waals surface area contributed by atoms with Crippen LogP contribution >= 0.6 is 0 Å². The van der Waals surface area contributed by atoms with E-state index in [1.54, 1.807) is 0 Å². The average Bonchev–Trinajstić information content (AvgIpc) is 2.58. The molecule has 2 rings (SSSR count). The zero-order valence-corrected chi connectivity index (χ0v) is 14.8. The lowest BCUT2D eigenvalue weighted by Gasteiger charge is -2.38. The fraction of sp³-hybridized carbons (Fsp3) is 0.579. The minimum Gasteiger partial charge on any atom is -0.482 e. The molecule has 1 fully saturated rings. The number of esters is 1. The standard InChI is InChI=1S/C19H27NO4/c1-4-16-8-10-17(11-9-16)23-13-19(22)24-12-18(21)20-14(2)6-5-7-15(20)3/h8-11,14-15H,4-7,12-13H2,1-3H3. The molecule has 1 saturated heterocycles. The quantitative estimate of drug-likeness (QED) is 0.751. The summed E-state index contributed by atoms with van der Waals surface area (Å²) in [5.74, 6) is -0.0377. The lowest BCUT2D eigenvalue weighted by atomic mass is 9.97. The van der Waals surface area contributed by atoms with Gasteiger partial charge in [-0.2, -0.15) is 0 Å². The minimum absolute atomic E-state index is 0.129. The van der Waals surface area contributed by atoms with Crippen molar-refractivity contribution in [3.63, 3.8) is 0 Å². The summed E-state index contributed by atoms with van der Waals surface area (Å²) in [5.41, 5.74) is 1.21. The van der Waals surface area contributed by atoms with Crippen LogP contribution in [0, 0.1) is 0 Å². The van der Waals surface area contributed by atoms with E-state index in [2.05, 4.69) is 6.92 Å². The van der Waals surface area contributed by atoms with Crippen molar-refractivity contribution in [2.45, 2.75) is 58.5 Å². The Balaban J connectivity index is 1.74. The van der Waals surface area contributed by atoms with Crippen LogP contribution in [0.4, 0.5) is 0 Å². The highest BCUT2D eigenvalue weighted by atomic mass is 16.6. The molecule has 5 nitrogen and oxygen atoms in total. The maximum atomic E-state index is 12.3. The van der Waals surface area contributed by atoms with E-state index in [9.17, 15) is 9.59 Å². The van der Waals surface area contributed by atoms with Crippen molar-refractivity contribution in [3.05, 3.63) is 29.8 Å². The van der Waals surface area contributed by atoms with Crippen molar-refractivity contribution in [2.75, 3.05) is 13.2 Å². The van der Waals surface area contributed by atoms with Gasteiger partial charge in [-0.3, -0.25) is 4.79 Å². The summed E-state index contributed by atoms with van der Waals surface area (Å²) in [7, 11) is 0. The van der Waals surface area contributed by atoms with Gasteiger partial charge in [0.2, 0.25) is 0 Å². The van der Waals surface area contributed by atoms with E-state index in [0.29, 0.717) is 5.75 Å². The number of amides is 1. The summed E-state index contributed by atoms with van der Waals surface area (Å²) in [6.45, 7) is 5.75. The number of ether oxygens (including phenoxy) is 2. The molecule has 1 amide bonds. The Kier molecular flexibility index (Phi) is 6.64. The topological polar surface area (TPSA) is 55.8 Å². The van der Waals surface area contributed by atoms with Crippen LogP contribution in [0.3, 0.4) is 0 Å². The van der Waals surface area contributed by atoms with Crippen LogP contribution in [-0.2, 0) is 20.7 Å². The summed E-state index contributed by atoms with van der Waals surface area (Å²) in [6, 6.07) is 7.98. The van der Waals surface area contributed by atoms with Gasteiger partial charge >= 0.3 is 5.97 Å². The van der Waals surface area contributed by atoms with Crippen molar-refractivity contribution >= 4 is 11.9 Å². The van der Waals surface area contributed by atoms with Crippen LogP contribution in [0.15, 0.2) is 24.3 Å². The van der Waals surface area contributed by atoms with E-state index < -0.39 is 5.97 Å². The van der Waals surface area contributed by atoms with Gasteiger partial charge in [-0.15, -0.1) is 0 Å². The summed E-state index contributed by atoms with van der Waals surface area (Å²) in [6.07, 6.45) is 4.09. The predicted octanol–water partition coefficient (Wildman–Crippen LogP) is 2.96. The fourth-order valence-electron chi connectivity index (χ4n) is 3.13. The van der Waals surface area contributed by atoms with Crippen LogP contribution in [0.2, 0.25) is 0 Å². The maximum absolute atomic E-state index is 12.3. The second-order valence-electron chi connectivity index (χ2n) is 6.38. The molecule has 0 bridgehead atoms. The lowest BCUT2D eigenvalue weighted by Crippen LogP contribution is -2.49. The molecule has 1 aliphatic rings. The third-order valence-electron chi connectivity index (χ3n) is 4.53. The molecule has 2 atom stereocenters. The molecule has 5 heteroatoms. The van der Waals surface area contributed by atoms with E-state index in [1.165, 1.54) is 5.56 Å². The number of aryl methyl sites for hydroxylation is 1. The van der Waals surface area contributed by atoms with Crippen LogP contribution < -0.4 is 4.74 Å². The summed E-state index contributed by atoms with van der Waals surface area (Å²) in [4.78, 5) is 25.9. The van der Waals surface area contributed by atoms with E-state index >= 15 is 0 Å². The Bertz CT molecular complexity index is 545. The van der Waals surface area contributed by atoms with Gasteiger partial charge < -0.3 is 14.4 Å². The van der Waals surface area contributed by atoms with Gasteiger partial charge in [0, 0.05) is 12.1 Å². The number of nitrogens with zero attached hydrogens (tertiary/aromatic N) is 1. The molecular weight excluding hydrogens is 306 g/mol. The molecule has 132 valence electrons. The van der Waals surface area contributed by atoms with Gasteiger partial charge in [0.25, 0.3) is 5.91 Å². The zero-order valence-electron chi connectivity index (χ0n) is 14.8. The highest BCUT2D eigenvalue weighted by molar-refractivity contribution is 5.81. The van der Waals surface area contributed by atoms with Crippen LogP contribution in [-0.4, -0.2) is 42.1 Å². The number of carbonyl (C=O) groups is 2. The molecule has 1 aliphatic heterocycles. The van der Waals surface area contributed by atoms with Gasteiger partial charge in [-0.05, 0) is 57.2 Å². The SMILES string of the molecule is CCc1ccc(OCC(=O)OCC(=O)N2C(C)CCCC2C)cc1. The first-order valence-corrected chi connectivity index (χ1v) is 8.69. The molecule has 1 heterocycles. The Morgan fingerprint density at radius 1 is 1.08 bits per heavy atom. The van der Waals surface area contributed by atoms with Gasteiger partial charge in [-0.25, -0.2) is 4.79 Å². The summed E-state index contributed by atoms with van der Waals surface area (Å²) < 4.78 is 10.5. The first-order chi connectivity index (χ1) is 11.5. The van der Waals surface area contributed by atoms with Gasteiger partial charge in [0.1, 0.15) is 5.75 Å². The third kappa shape index (κ3) is 4.98. The van der Waals surface area contributed by atoms with Crippen molar-refractivity contribution in [3.8, 4) is 5.75 Å². The molecular formula is C19H27NO4. The minimum atomic E-state index is -0.528. The Morgan fingerprint density at radius 2 is 1.71 bits per heavy atom. The molecule has 0 aliphatic carbocycles. The summed E-state index contributed by atoms with van der Waals surface area (Å²) in [5, 5.41) is 0. The second kappa shape index (κ2) is 8.71. The van der Waals surface area contributed by atoms with E-state index in [-0.39, 0.29) is 31.2 Å². The van der Waals surface area contributed by atoms with Crippen molar-refractivity contribution in [1.82, 2.24) is 4.90 Å². The number of rotatable bonds is 6.